The number of anilines is 2. The van der Waals surface area contributed by atoms with Gasteiger partial charge in [0.25, 0.3) is 5.91 Å². The van der Waals surface area contributed by atoms with Crippen LogP contribution in [0.1, 0.15) is 21.5 Å². The van der Waals surface area contributed by atoms with E-state index < -0.39 is 0 Å². The summed E-state index contributed by atoms with van der Waals surface area (Å²) in [6.45, 7) is 1.92. The van der Waals surface area contributed by atoms with Crippen LogP contribution in [-0.4, -0.2) is 11.8 Å². The van der Waals surface area contributed by atoms with Crippen molar-refractivity contribution in [1.29, 1.82) is 0 Å². The molecule has 100 valence electrons. The highest BCUT2D eigenvalue weighted by atomic mass is 16.2. The summed E-state index contributed by atoms with van der Waals surface area (Å²) >= 11 is 0. The first-order valence-electron chi connectivity index (χ1n) is 6.38. The van der Waals surface area contributed by atoms with Crippen molar-refractivity contribution in [3.63, 3.8) is 0 Å². The Bertz CT molecular complexity index is 722. The van der Waals surface area contributed by atoms with Crippen molar-refractivity contribution in [1.82, 2.24) is 0 Å². The van der Waals surface area contributed by atoms with Gasteiger partial charge in [0.1, 0.15) is 0 Å². The summed E-state index contributed by atoms with van der Waals surface area (Å²) in [6, 6.07) is 12.4. The Morgan fingerprint density at radius 3 is 2.65 bits per heavy atom. The molecule has 4 nitrogen and oxygen atoms in total. The van der Waals surface area contributed by atoms with Gasteiger partial charge in [0, 0.05) is 11.3 Å². The van der Waals surface area contributed by atoms with Gasteiger partial charge in [0.2, 0.25) is 5.91 Å². The summed E-state index contributed by atoms with van der Waals surface area (Å²) in [6.07, 6.45) is 0.218. The maximum absolute atomic E-state index is 12.5. The van der Waals surface area contributed by atoms with Gasteiger partial charge in [-0.25, -0.2) is 4.90 Å². The SMILES string of the molecule is Cc1cccc(N2C(=O)Cc3ccc(N)cc3C2=O)c1. The minimum atomic E-state index is -0.311. The lowest BCUT2D eigenvalue weighted by Crippen LogP contribution is -2.42. The van der Waals surface area contributed by atoms with Crippen molar-refractivity contribution in [2.75, 3.05) is 10.6 Å². The van der Waals surface area contributed by atoms with Crippen LogP contribution < -0.4 is 10.6 Å². The van der Waals surface area contributed by atoms with Crippen LogP contribution in [0.25, 0.3) is 0 Å². The molecular weight excluding hydrogens is 252 g/mol. The molecule has 20 heavy (non-hydrogen) atoms. The van der Waals surface area contributed by atoms with Crippen molar-refractivity contribution in [2.24, 2.45) is 0 Å². The van der Waals surface area contributed by atoms with Gasteiger partial charge in [0.05, 0.1) is 12.1 Å². The van der Waals surface area contributed by atoms with Crippen LogP contribution in [0.5, 0.6) is 0 Å². The second-order valence-corrected chi connectivity index (χ2v) is 4.97. The molecule has 0 spiro atoms. The van der Waals surface area contributed by atoms with E-state index in [4.69, 9.17) is 5.73 Å². The van der Waals surface area contributed by atoms with E-state index in [-0.39, 0.29) is 18.2 Å². The molecule has 0 unspecified atom stereocenters. The first-order chi connectivity index (χ1) is 9.56. The topological polar surface area (TPSA) is 63.4 Å². The number of imide groups is 1. The van der Waals surface area contributed by atoms with Crippen molar-refractivity contribution in [2.45, 2.75) is 13.3 Å². The van der Waals surface area contributed by atoms with Crippen molar-refractivity contribution >= 4 is 23.2 Å². The number of amides is 2. The van der Waals surface area contributed by atoms with Crippen LogP contribution in [0.15, 0.2) is 42.5 Å². The molecule has 1 aliphatic rings. The number of aryl methyl sites for hydroxylation is 1. The van der Waals surface area contributed by atoms with Gasteiger partial charge in [-0.3, -0.25) is 9.59 Å². The summed E-state index contributed by atoms with van der Waals surface area (Å²) in [5.74, 6) is -0.521. The monoisotopic (exact) mass is 266 g/mol. The third-order valence-corrected chi connectivity index (χ3v) is 3.42. The Labute approximate surface area is 116 Å². The molecular formula is C16H14N2O2. The fourth-order valence-electron chi connectivity index (χ4n) is 2.45. The van der Waals surface area contributed by atoms with Crippen molar-refractivity contribution in [3.05, 3.63) is 59.2 Å². The molecule has 0 aliphatic carbocycles. The van der Waals surface area contributed by atoms with Crippen LogP contribution in [0.3, 0.4) is 0 Å². The molecule has 1 aliphatic heterocycles. The Balaban J connectivity index is 2.10. The maximum Gasteiger partial charge on any atom is 0.265 e. The third kappa shape index (κ3) is 1.95. The predicted molar refractivity (Wildman–Crippen MR) is 77.6 cm³/mol. The lowest BCUT2D eigenvalue weighted by atomic mass is 9.97. The first kappa shape index (κ1) is 12.4. The van der Waals surface area contributed by atoms with Gasteiger partial charge in [0.15, 0.2) is 0 Å². The predicted octanol–water partition coefficient (Wildman–Crippen LogP) is 2.31. The zero-order valence-corrected chi connectivity index (χ0v) is 11.1. The number of carbonyl (C=O) groups excluding carboxylic acids is 2. The largest absolute Gasteiger partial charge is 0.399 e. The number of benzene rings is 2. The summed E-state index contributed by atoms with van der Waals surface area (Å²) in [7, 11) is 0. The molecule has 0 fully saturated rings. The minimum Gasteiger partial charge on any atom is -0.399 e. The highest BCUT2D eigenvalue weighted by Gasteiger charge is 2.32. The fourth-order valence-corrected chi connectivity index (χ4v) is 2.45. The zero-order chi connectivity index (χ0) is 14.3. The van der Waals surface area contributed by atoms with Gasteiger partial charge >= 0.3 is 0 Å². The number of nitrogens with zero attached hydrogens (tertiary/aromatic N) is 1. The second-order valence-electron chi connectivity index (χ2n) is 4.97. The third-order valence-electron chi connectivity index (χ3n) is 3.42. The van der Waals surface area contributed by atoms with Crippen LogP contribution in [0, 0.1) is 6.92 Å². The Morgan fingerprint density at radius 1 is 1.10 bits per heavy atom. The van der Waals surface area contributed by atoms with E-state index in [1.54, 1.807) is 24.3 Å². The van der Waals surface area contributed by atoms with Crippen LogP contribution in [0.2, 0.25) is 0 Å². The molecule has 1 heterocycles. The number of fused-ring (bicyclic) bond motifs is 1. The number of rotatable bonds is 1. The number of nitrogens with two attached hydrogens (primary N) is 1. The number of nitrogen functional groups attached to an aromatic ring is 1. The highest BCUT2D eigenvalue weighted by molar-refractivity contribution is 6.24. The van der Waals surface area contributed by atoms with E-state index in [0.29, 0.717) is 16.9 Å². The average molecular weight is 266 g/mol. The summed E-state index contributed by atoms with van der Waals surface area (Å²) < 4.78 is 0. The molecule has 0 atom stereocenters. The molecule has 2 aromatic carbocycles. The lowest BCUT2D eigenvalue weighted by Gasteiger charge is -2.27. The molecule has 3 rings (SSSR count). The van der Waals surface area contributed by atoms with Crippen LogP contribution in [-0.2, 0) is 11.2 Å². The van der Waals surface area contributed by atoms with Crippen LogP contribution in [0.4, 0.5) is 11.4 Å². The van der Waals surface area contributed by atoms with E-state index in [2.05, 4.69) is 0 Å². The van der Waals surface area contributed by atoms with E-state index in [0.717, 1.165) is 11.1 Å². The molecule has 0 radical (unpaired) electrons. The fraction of sp³-hybridized carbons (Fsp3) is 0.125. The maximum atomic E-state index is 12.5. The smallest absolute Gasteiger partial charge is 0.265 e. The summed E-state index contributed by atoms with van der Waals surface area (Å²) in [5.41, 5.74) is 9.10. The number of carbonyl (C=O) groups is 2. The quantitative estimate of drug-likeness (QED) is 0.636. The zero-order valence-electron chi connectivity index (χ0n) is 11.1. The van der Waals surface area contributed by atoms with Crippen LogP contribution >= 0.6 is 0 Å². The van der Waals surface area contributed by atoms with Gasteiger partial charge in [-0.15, -0.1) is 0 Å². The highest BCUT2D eigenvalue weighted by Crippen LogP contribution is 2.27. The molecule has 2 N–H and O–H groups in total. The minimum absolute atomic E-state index is 0.210. The van der Waals surface area contributed by atoms with E-state index in [1.165, 1.54) is 4.90 Å². The molecule has 0 saturated heterocycles. The Kier molecular flexibility index (Phi) is 2.79. The lowest BCUT2D eigenvalue weighted by molar-refractivity contribution is -0.117. The normalized spacial score (nSPS) is 14.3. The summed E-state index contributed by atoms with van der Waals surface area (Å²) in [4.78, 5) is 26.0. The van der Waals surface area contributed by atoms with E-state index in [9.17, 15) is 9.59 Å². The Hall–Kier alpha value is -2.62. The molecule has 0 saturated carbocycles. The van der Waals surface area contributed by atoms with Gasteiger partial charge < -0.3 is 5.73 Å². The molecule has 2 amide bonds. The molecule has 0 aromatic heterocycles. The molecule has 2 aromatic rings. The average Bonchev–Trinajstić information content (AvgIpc) is 2.40. The van der Waals surface area contributed by atoms with E-state index >= 15 is 0 Å². The second kappa shape index (κ2) is 4.49. The number of hydrogen-bond acceptors (Lipinski definition) is 3. The Morgan fingerprint density at radius 2 is 1.90 bits per heavy atom. The van der Waals surface area contributed by atoms with E-state index in [1.807, 2.05) is 25.1 Å². The van der Waals surface area contributed by atoms with Crippen molar-refractivity contribution in [3.8, 4) is 0 Å². The molecule has 0 bridgehead atoms. The van der Waals surface area contributed by atoms with Gasteiger partial charge in [-0.05, 0) is 42.3 Å². The van der Waals surface area contributed by atoms with Gasteiger partial charge in [-0.1, -0.05) is 18.2 Å². The standard InChI is InChI=1S/C16H14N2O2/c1-10-3-2-4-13(7-10)18-15(19)8-11-5-6-12(17)9-14(11)16(18)20/h2-7,9H,8,17H2,1H3. The van der Waals surface area contributed by atoms with Gasteiger partial charge in [-0.2, -0.15) is 0 Å². The molecule has 4 heteroatoms. The van der Waals surface area contributed by atoms with Crippen molar-refractivity contribution < 1.29 is 9.59 Å². The number of hydrogen-bond donors (Lipinski definition) is 1. The first-order valence-corrected chi connectivity index (χ1v) is 6.38. The summed E-state index contributed by atoms with van der Waals surface area (Å²) in [5, 5.41) is 0.